The Balaban J connectivity index is 0.891. The first-order valence-corrected chi connectivity index (χ1v) is 19.6. The molecule has 58 heavy (non-hydrogen) atoms. The van der Waals surface area contributed by atoms with Gasteiger partial charge in [0, 0.05) is 38.4 Å². The lowest BCUT2D eigenvalue weighted by molar-refractivity contribution is 0.669. The summed E-state index contributed by atoms with van der Waals surface area (Å²) in [5.41, 5.74) is 15.3. The highest BCUT2D eigenvalue weighted by atomic mass is 16.3. The second-order valence-electron chi connectivity index (χ2n) is 15.0. The summed E-state index contributed by atoms with van der Waals surface area (Å²) in [6, 6.07) is 70.8. The van der Waals surface area contributed by atoms with E-state index in [0.29, 0.717) is 0 Å². The standard InChI is InChI=1S/C54H33N3O/c1-2-11-37(12-3-1)53-54(56-47-18-8-7-17-46(47)55-53)44-16-10-20-50-52(44)43-30-27-40(33-51(43)58-50)36-23-21-34(22-24-36)35-25-28-41(29-26-35)57-48-19-9-6-15-42(48)45-31-38-13-4-5-14-39(38)32-49(45)57/h1-33H. The third kappa shape index (κ3) is 5.16. The van der Waals surface area contributed by atoms with Crippen molar-refractivity contribution in [3.8, 4) is 50.5 Å². The van der Waals surface area contributed by atoms with Gasteiger partial charge in [-0.3, -0.25) is 0 Å². The molecule has 0 bridgehead atoms. The number of fused-ring (bicyclic) bond motifs is 8. The minimum Gasteiger partial charge on any atom is -0.456 e. The molecule has 0 saturated heterocycles. The maximum absolute atomic E-state index is 6.57. The molecule has 4 heteroatoms. The van der Waals surface area contributed by atoms with Gasteiger partial charge in [0.05, 0.1) is 33.5 Å². The fraction of sp³-hybridized carbons (Fsp3) is 0. The van der Waals surface area contributed by atoms with E-state index < -0.39 is 0 Å². The van der Waals surface area contributed by atoms with E-state index in [9.17, 15) is 0 Å². The Labute approximate surface area is 333 Å². The predicted molar refractivity (Wildman–Crippen MR) is 240 cm³/mol. The number of hydrogen-bond donors (Lipinski definition) is 0. The van der Waals surface area contributed by atoms with Crippen LogP contribution in [0.4, 0.5) is 0 Å². The van der Waals surface area contributed by atoms with Gasteiger partial charge < -0.3 is 8.98 Å². The van der Waals surface area contributed by atoms with E-state index in [1.165, 1.54) is 43.7 Å². The molecule has 0 spiro atoms. The number of rotatable bonds is 5. The van der Waals surface area contributed by atoms with Crippen LogP contribution in [-0.2, 0) is 0 Å². The summed E-state index contributed by atoms with van der Waals surface area (Å²) in [6.07, 6.45) is 0. The topological polar surface area (TPSA) is 43.9 Å². The molecule has 0 radical (unpaired) electrons. The van der Waals surface area contributed by atoms with Crippen LogP contribution in [0.3, 0.4) is 0 Å². The van der Waals surface area contributed by atoms with Crippen molar-refractivity contribution in [2.75, 3.05) is 0 Å². The third-order valence-corrected chi connectivity index (χ3v) is 11.6. The zero-order chi connectivity index (χ0) is 38.2. The van der Waals surface area contributed by atoms with Gasteiger partial charge in [0.25, 0.3) is 0 Å². The van der Waals surface area contributed by atoms with Crippen molar-refractivity contribution in [2.24, 2.45) is 0 Å². The van der Waals surface area contributed by atoms with Crippen LogP contribution in [-0.4, -0.2) is 14.5 Å². The van der Waals surface area contributed by atoms with Crippen LogP contribution in [0, 0.1) is 0 Å². The minimum absolute atomic E-state index is 0.826. The number of hydrogen-bond acceptors (Lipinski definition) is 3. The summed E-state index contributed by atoms with van der Waals surface area (Å²) >= 11 is 0. The van der Waals surface area contributed by atoms with E-state index in [2.05, 4.69) is 150 Å². The van der Waals surface area contributed by atoms with Crippen LogP contribution in [0.25, 0.3) is 116 Å². The zero-order valence-corrected chi connectivity index (χ0v) is 31.3. The van der Waals surface area contributed by atoms with Crippen molar-refractivity contribution in [2.45, 2.75) is 0 Å². The van der Waals surface area contributed by atoms with E-state index in [-0.39, 0.29) is 0 Å². The van der Waals surface area contributed by atoms with Gasteiger partial charge in [-0.1, -0.05) is 140 Å². The molecule has 0 N–H and O–H groups in total. The molecule has 270 valence electrons. The van der Waals surface area contributed by atoms with Crippen LogP contribution in [0.5, 0.6) is 0 Å². The van der Waals surface area contributed by atoms with Crippen LogP contribution < -0.4 is 0 Å². The van der Waals surface area contributed by atoms with Crippen molar-refractivity contribution in [3.05, 3.63) is 200 Å². The molecule has 0 aliphatic rings. The van der Waals surface area contributed by atoms with Gasteiger partial charge in [0.1, 0.15) is 11.2 Å². The number of nitrogens with zero attached hydrogens (tertiary/aromatic N) is 3. The van der Waals surface area contributed by atoms with Gasteiger partial charge in [-0.05, 0) is 93.7 Å². The quantitative estimate of drug-likeness (QED) is 0.177. The molecule has 0 atom stereocenters. The first kappa shape index (κ1) is 32.4. The highest BCUT2D eigenvalue weighted by molar-refractivity contribution is 6.15. The lowest BCUT2D eigenvalue weighted by Crippen LogP contribution is -1.95. The summed E-state index contributed by atoms with van der Waals surface area (Å²) in [4.78, 5) is 10.3. The molecular formula is C54H33N3O. The monoisotopic (exact) mass is 739 g/mol. The molecule has 3 aromatic heterocycles. The van der Waals surface area contributed by atoms with E-state index in [1.807, 2.05) is 54.6 Å². The van der Waals surface area contributed by atoms with Gasteiger partial charge in [-0.25, -0.2) is 9.97 Å². The van der Waals surface area contributed by atoms with Crippen molar-refractivity contribution in [1.29, 1.82) is 0 Å². The Hall–Kier alpha value is -7.82. The summed E-state index contributed by atoms with van der Waals surface area (Å²) < 4.78 is 8.96. The number of furan rings is 1. The van der Waals surface area contributed by atoms with Crippen LogP contribution >= 0.6 is 0 Å². The highest BCUT2D eigenvalue weighted by Crippen LogP contribution is 2.41. The molecule has 0 amide bonds. The maximum atomic E-state index is 6.57. The van der Waals surface area contributed by atoms with E-state index >= 15 is 0 Å². The third-order valence-electron chi connectivity index (χ3n) is 11.6. The number of benzene rings is 9. The fourth-order valence-electron chi connectivity index (χ4n) is 8.78. The molecule has 4 nitrogen and oxygen atoms in total. The first-order valence-electron chi connectivity index (χ1n) is 19.6. The second kappa shape index (κ2) is 12.9. The number of para-hydroxylation sites is 3. The molecule has 9 aromatic carbocycles. The van der Waals surface area contributed by atoms with E-state index in [0.717, 1.165) is 72.3 Å². The predicted octanol–water partition coefficient (Wildman–Crippen LogP) is 14.4. The van der Waals surface area contributed by atoms with Gasteiger partial charge in [-0.2, -0.15) is 0 Å². The van der Waals surface area contributed by atoms with Crippen molar-refractivity contribution < 1.29 is 4.42 Å². The first-order chi connectivity index (χ1) is 28.7. The molecule has 0 aliphatic heterocycles. The van der Waals surface area contributed by atoms with Gasteiger partial charge in [0.2, 0.25) is 0 Å². The second-order valence-corrected chi connectivity index (χ2v) is 15.0. The molecule has 3 heterocycles. The maximum Gasteiger partial charge on any atom is 0.136 e. The fourth-order valence-corrected chi connectivity index (χ4v) is 8.78. The minimum atomic E-state index is 0.826. The van der Waals surface area contributed by atoms with Crippen LogP contribution in [0.1, 0.15) is 0 Å². The normalized spacial score (nSPS) is 11.8. The lowest BCUT2D eigenvalue weighted by atomic mass is 9.97. The summed E-state index contributed by atoms with van der Waals surface area (Å²) in [7, 11) is 0. The highest BCUT2D eigenvalue weighted by Gasteiger charge is 2.20. The molecule has 0 saturated carbocycles. The van der Waals surface area contributed by atoms with E-state index in [4.69, 9.17) is 14.4 Å². The molecule has 0 unspecified atom stereocenters. The summed E-state index contributed by atoms with van der Waals surface area (Å²) in [5, 5.41) is 7.13. The van der Waals surface area contributed by atoms with E-state index in [1.54, 1.807) is 0 Å². The van der Waals surface area contributed by atoms with Gasteiger partial charge >= 0.3 is 0 Å². The van der Waals surface area contributed by atoms with Crippen molar-refractivity contribution in [1.82, 2.24) is 14.5 Å². The molecule has 12 aromatic rings. The van der Waals surface area contributed by atoms with Crippen LogP contribution in [0.15, 0.2) is 205 Å². The van der Waals surface area contributed by atoms with Gasteiger partial charge in [0.15, 0.2) is 0 Å². The van der Waals surface area contributed by atoms with Crippen molar-refractivity contribution >= 4 is 65.6 Å². The average Bonchev–Trinajstić information content (AvgIpc) is 3.83. The SMILES string of the molecule is c1ccc(-c2nc3ccccc3nc2-c2cccc3oc4cc(-c5ccc(-c6ccc(-n7c8ccccc8c8cc9ccccc9cc87)cc6)cc5)ccc4c23)cc1. The Bertz CT molecular complexity index is 3540. The molecule has 0 aliphatic carbocycles. The summed E-state index contributed by atoms with van der Waals surface area (Å²) in [6.45, 7) is 0. The zero-order valence-electron chi connectivity index (χ0n) is 31.3. The van der Waals surface area contributed by atoms with Crippen molar-refractivity contribution in [3.63, 3.8) is 0 Å². The molecule has 12 rings (SSSR count). The Morgan fingerprint density at radius 3 is 1.76 bits per heavy atom. The smallest absolute Gasteiger partial charge is 0.136 e. The number of aromatic nitrogens is 3. The molecular weight excluding hydrogens is 707 g/mol. The Morgan fingerprint density at radius 1 is 0.362 bits per heavy atom. The molecule has 0 fully saturated rings. The summed E-state index contributed by atoms with van der Waals surface area (Å²) in [5.74, 6) is 0. The average molecular weight is 740 g/mol. The largest absolute Gasteiger partial charge is 0.456 e. The Morgan fingerprint density at radius 2 is 0.983 bits per heavy atom. The lowest BCUT2D eigenvalue weighted by Gasteiger charge is -2.11. The van der Waals surface area contributed by atoms with Gasteiger partial charge in [-0.15, -0.1) is 0 Å². The van der Waals surface area contributed by atoms with Crippen LogP contribution in [0.2, 0.25) is 0 Å². The Kier molecular flexibility index (Phi) is 7.20.